The number of hydrogen-bond donors (Lipinski definition) is 1. The summed E-state index contributed by atoms with van der Waals surface area (Å²) in [4.78, 5) is 26.2. The molecule has 106 valence electrons. The quantitative estimate of drug-likeness (QED) is 0.680. The molecule has 20 heavy (non-hydrogen) atoms. The van der Waals surface area contributed by atoms with Crippen molar-refractivity contribution in [2.24, 2.45) is 5.16 Å². The Morgan fingerprint density at radius 1 is 1.45 bits per heavy atom. The van der Waals surface area contributed by atoms with Crippen LogP contribution in [0.25, 0.3) is 0 Å². The first kappa shape index (κ1) is 14.6. The molecule has 8 heteroatoms. The van der Waals surface area contributed by atoms with Crippen molar-refractivity contribution in [3.8, 4) is 0 Å². The Kier molecular flexibility index (Phi) is 4.80. The first-order valence-electron chi connectivity index (χ1n) is 5.88. The molecule has 0 bridgehead atoms. The van der Waals surface area contributed by atoms with E-state index < -0.39 is 0 Å². The molecule has 1 N–H and O–H groups in total. The Balaban J connectivity index is 2.15. The van der Waals surface area contributed by atoms with Gasteiger partial charge in [-0.25, -0.2) is 9.97 Å². The second kappa shape index (κ2) is 6.58. The minimum Gasteiger partial charge on any atom is -0.398 e. The summed E-state index contributed by atoms with van der Waals surface area (Å²) in [6.45, 7) is 4.15. The third-order valence-corrected chi connectivity index (χ3v) is 4.19. The van der Waals surface area contributed by atoms with Crippen LogP contribution in [0.1, 0.15) is 30.3 Å². The van der Waals surface area contributed by atoms with Crippen molar-refractivity contribution in [2.45, 2.75) is 19.8 Å². The monoisotopic (exact) mass is 310 g/mol. The van der Waals surface area contributed by atoms with Crippen molar-refractivity contribution in [1.29, 1.82) is 0 Å². The molecule has 0 atom stereocenters. The average Bonchev–Trinajstić information content (AvgIpc) is 3.06. The number of carbonyl (C=O) groups excluding carboxylic acids is 1. The molecule has 0 aliphatic heterocycles. The lowest BCUT2D eigenvalue weighted by molar-refractivity contribution is -0.110. The van der Waals surface area contributed by atoms with Gasteiger partial charge in [0.25, 0.3) is 5.91 Å². The fraction of sp³-hybridized carbons (Fsp3) is 0.333. The second-order valence-electron chi connectivity index (χ2n) is 4.17. The zero-order valence-corrected chi connectivity index (χ0v) is 12.9. The van der Waals surface area contributed by atoms with Gasteiger partial charge in [0.15, 0.2) is 10.8 Å². The number of hydrogen-bond acceptors (Lipinski definition) is 7. The van der Waals surface area contributed by atoms with Crippen molar-refractivity contribution in [3.05, 3.63) is 27.7 Å². The Bertz CT molecular complexity index is 605. The number of aromatic nitrogens is 2. The first-order chi connectivity index (χ1) is 9.61. The van der Waals surface area contributed by atoms with E-state index in [0.29, 0.717) is 16.7 Å². The molecular formula is C12H14N4O2S2. The molecule has 0 aliphatic carbocycles. The maximum atomic E-state index is 12.2. The number of rotatable bonds is 5. The standard InChI is InChI=1S/C12H14N4O2S2/c1-7(2)9-4-13-12(20-9)15-11(17)10(16-18-3)8-5-19-6-14-8/h4-7H,1-3H3,(H,13,15,17). The zero-order chi connectivity index (χ0) is 14.5. The van der Waals surface area contributed by atoms with Crippen LogP contribution in [-0.2, 0) is 9.63 Å². The summed E-state index contributed by atoms with van der Waals surface area (Å²) < 4.78 is 0. The molecule has 2 heterocycles. The molecule has 0 fully saturated rings. The molecule has 2 rings (SSSR count). The maximum Gasteiger partial charge on any atom is 0.281 e. The van der Waals surface area contributed by atoms with Gasteiger partial charge in [0.1, 0.15) is 12.8 Å². The zero-order valence-electron chi connectivity index (χ0n) is 11.3. The topological polar surface area (TPSA) is 76.5 Å². The predicted molar refractivity (Wildman–Crippen MR) is 80.5 cm³/mol. The second-order valence-corrected chi connectivity index (χ2v) is 5.95. The number of amides is 1. The van der Waals surface area contributed by atoms with E-state index in [0.717, 1.165) is 4.88 Å². The number of nitrogens with zero attached hydrogens (tertiary/aromatic N) is 3. The average molecular weight is 310 g/mol. The maximum absolute atomic E-state index is 12.2. The summed E-state index contributed by atoms with van der Waals surface area (Å²) in [5, 5.41) is 8.72. The Morgan fingerprint density at radius 2 is 2.25 bits per heavy atom. The minimum absolute atomic E-state index is 0.134. The fourth-order valence-corrected chi connectivity index (χ4v) is 2.74. The van der Waals surface area contributed by atoms with E-state index in [2.05, 4.69) is 34.3 Å². The molecule has 0 radical (unpaired) electrons. The summed E-state index contributed by atoms with van der Waals surface area (Å²) in [7, 11) is 1.39. The molecule has 0 aliphatic rings. The van der Waals surface area contributed by atoms with E-state index >= 15 is 0 Å². The lowest BCUT2D eigenvalue weighted by atomic mass is 10.2. The summed E-state index contributed by atoms with van der Waals surface area (Å²) in [6, 6.07) is 0. The number of carbonyl (C=O) groups is 1. The van der Waals surface area contributed by atoms with Gasteiger partial charge >= 0.3 is 0 Å². The number of thiazole rings is 2. The lowest BCUT2D eigenvalue weighted by Gasteiger charge is -2.02. The van der Waals surface area contributed by atoms with E-state index in [-0.39, 0.29) is 11.6 Å². The smallest absolute Gasteiger partial charge is 0.281 e. The van der Waals surface area contributed by atoms with Crippen LogP contribution in [0.4, 0.5) is 5.13 Å². The van der Waals surface area contributed by atoms with Crippen LogP contribution >= 0.6 is 22.7 Å². The van der Waals surface area contributed by atoms with E-state index in [1.807, 2.05) is 0 Å². The number of oxime groups is 1. The predicted octanol–water partition coefficient (Wildman–Crippen LogP) is 2.71. The molecular weight excluding hydrogens is 296 g/mol. The molecule has 0 saturated heterocycles. The molecule has 0 unspecified atom stereocenters. The highest BCUT2D eigenvalue weighted by atomic mass is 32.1. The third-order valence-electron chi connectivity index (χ3n) is 2.39. The highest BCUT2D eigenvalue weighted by molar-refractivity contribution is 7.15. The van der Waals surface area contributed by atoms with Gasteiger partial charge in [0, 0.05) is 16.5 Å². The van der Waals surface area contributed by atoms with Crippen LogP contribution in [0.15, 0.2) is 22.2 Å². The molecule has 0 spiro atoms. The van der Waals surface area contributed by atoms with Crippen LogP contribution < -0.4 is 5.32 Å². The summed E-state index contributed by atoms with van der Waals surface area (Å²) in [6.07, 6.45) is 1.76. The number of anilines is 1. The number of nitrogens with one attached hydrogen (secondary N) is 1. The van der Waals surface area contributed by atoms with Crippen LogP contribution in [0.5, 0.6) is 0 Å². The normalized spacial score (nSPS) is 11.7. The SMILES string of the molecule is CON=C(C(=O)Nc1ncc(C(C)C)s1)c1cscn1. The Hall–Kier alpha value is -1.80. The minimum atomic E-state index is -0.387. The van der Waals surface area contributed by atoms with Gasteiger partial charge < -0.3 is 4.84 Å². The van der Waals surface area contributed by atoms with Crippen LogP contribution in [0.2, 0.25) is 0 Å². The highest BCUT2D eigenvalue weighted by Crippen LogP contribution is 2.25. The summed E-state index contributed by atoms with van der Waals surface area (Å²) in [5.74, 6) is -0.00814. The van der Waals surface area contributed by atoms with Gasteiger partial charge in [-0.2, -0.15) is 0 Å². The lowest BCUT2D eigenvalue weighted by Crippen LogP contribution is -2.24. The van der Waals surface area contributed by atoms with Crippen molar-refractivity contribution in [2.75, 3.05) is 12.4 Å². The van der Waals surface area contributed by atoms with Gasteiger partial charge in [-0.3, -0.25) is 10.1 Å². The summed E-state index contributed by atoms with van der Waals surface area (Å²) >= 11 is 2.83. The third kappa shape index (κ3) is 3.40. The van der Waals surface area contributed by atoms with Gasteiger partial charge in [-0.1, -0.05) is 19.0 Å². The van der Waals surface area contributed by atoms with Crippen molar-refractivity contribution >= 4 is 39.4 Å². The van der Waals surface area contributed by atoms with Crippen LogP contribution in [0.3, 0.4) is 0 Å². The van der Waals surface area contributed by atoms with Crippen LogP contribution in [0, 0.1) is 0 Å². The Labute approximate surface area is 124 Å². The van der Waals surface area contributed by atoms with E-state index in [1.165, 1.54) is 29.8 Å². The molecule has 1 amide bonds. The molecule has 6 nitrogen and oxygen atoms in total. The largest absolute Gasteiger partial charge is 0.398 e. The van der Waals surface area contributed by atoms with Gasteiger partial charge in [0.05, 0.1) is 5.51 Å². The van der Waals surface area contributed by atoms with E-state index in [4.69, 9.17) is 4.84 Å². The van der Waals surface area contributed by atoms with E-state index in [1.54, 1.807) is 17.1 Å². The van der Waals surface area contributed by atoms with E-state index in [9.17, 15) is 4.79 Å². The molecule has 2 aromatic heterocycles. The van der Waals surface area contributed by atoms with Crippen molar-refractivity contribution in [3.63, 3.8) is 0 Å². The van der Waals surface area contributed by atoms with Gasteiger partial charge in [-0.05, 0) is 5.92 Å². The molecule has 2 aromatic rings. The molecule has 0 aromatic carbocycles. The first-order valence-corrected chi connectivity index (χ1v) is 7.64. The Morgan fingerprint density at radius 3 is 2.80 bits per heavy atom. The van der Waals surface area contributed by atoms with Crippen LogP contribution in [-0.4, -0.2) is 28.7 Å². The van der Waals surface area contributed by atoms with Gasteiger partial charge in [-0.15, -0.1) is 22.7 Å². The van der Waals surface area contributed by atoms with Gasteiger partial charge in [0.2, 0.25) is 0 Å². The fourth-order valence-electron chi connectivity index (χ4n) is 1.39. The van der Waals surface area contributed by atoms with Crippen molar-refractivity contribution in [1.82, 2.24) is 9.97 Å². The molecule has 0 saturated carbocycles. The van der Waals surface area contributed by atoms with Crippen molar-refractivity contribution < 1.29 is 9.63 Å². The summed E-state index contributed by atoms with van der Waals surface area (Å²) in [5.41, 5.74) is 2.25. The highest BCUT2D eigenvalue weighted by Gasteiger charge is 2.19.